The molecule has 0 saturated carbocycles. The molecule has 5 nitrogen and oxygen atoms in total. The zero-order chi connectivity index (χ0) is 19.6. The summed E-state index contributed by atoms with van der Waals surface area (Å²) in [5.74, 6) is -0.560. The molecule has 0 spiro atoms. The maximum Gasteiger partial charge on any atom is 0.331 e. The van der Waals surface area contributed by atoms with E-state index >= 15 is 0 Å². The summed E-state index contributed by atoms with van der Waals surface area (Å²) in [5, 5.41) is 0. The van der Waals surface area contributed by atoms with Gasteiger partial charge in [-0.05, 0) is 45.6 Å². The number of carbonyl (C=O) groups is 3. The predicted molar refractivity (Wildman–Crippen MR) is 103 cm³/mol. The lowest BCUT2D eigenvalue weighted by Gasteiger charge is -2.28. The lowest BCUT2D eigenvalue weighted by molar-refractivity contribution is -0.146. The third-order valence-electron chi connectivity index (χ3n) is 4.56. The van der Waals surface area contributed by atoms with Crippen molar-refractivity contribution in [2.75, 3.05) is 0 Å². The van der Waals surface area contributed by atoms with Gasteiger partial charge in [-0.25, -0.2) is 4.79 Å². The maximum atomic E-state index is 12.0. The van der Waals surface area contributed by atoms with Crippen LogP contribution in [0.4, 0.5) is 0 Å². The van der Waals surface area contributed by atoms with E-state index in [0.29, 0.717) is 25.5 Å². The summed E-state index contributed by atoms with van der Waals surface area (Å²) in [6.45, 7) is 3.74. The fraction of sp³-hybridized carbons (Fsp3) is 0.500. The molecule has 2 aliphatic heterocycles. The van der Waals surface area contributed by atoms with Gasteiger partial charge in [0.25, 0.3) is 0 Å². The minimum Gasteiger partial charge on any atom is -0.451 e. The molecule has 146 valence electrons. The zero-order valence-corrected chi connectivity index (χ0v) is 16.1. The molecule has 2 heterocycles. The van der Waals surface area contributed by atoms with Crippen molar-refractivity contribution in [1.29, 1.82) is 0 Å². The summed E-state index contributed by atoms with van der Waals surface area (Å²) < 4.78 is 11.3. The standard InChI is InChI=1S/C22H28O5/c1-16-6-3-11-22(25)27-21(15-23)14-17(2)13-20-10-5-9-19(26-20)8-4-7-18(24)12-16/h3-4,6-7,11,13,15,19-21H,5,8-10,12,14H2,1-2H3/b7-4+,11-3+,16-6+,17-13+/t19-,20-,21?/m1/s1. The van der Waals surface area contributed by atoms with Crippen LogP contribution in [0.2, 0.25) is 0 Å². The lowest BCUT2D eigenvalue weighted by Crippen LogP contribution is -2.26. The Hall–Kier alpha value is -2.27. The molecule has 0 radical (unpaired) electrons. The lowest BCUT2D eigenvalue weighted by atomic mass is 9.99. The summed E-state index contributed by atoms with van der Waals surface area (Å²) in [5.41, 5.74) is 1.80. The second kappa shape index (κ2) is 10.8. The highest BCUT2D eigenvalue weighted by Crippen LogP contribution is 2.24. The highest BCUT2D eigenvalue weighted by Gasteiger charge is 2.21. The Morgan fingerprint density at radius 1 is 1.11 bits per heavy atom. The van der Waals surface area contributed by atoms with E-state index in [4.69, 9.17) is 9.47 Å². The molecular weight excluding hydrogens is 344 g/mol. The molecule has 1 saturated heterocycles. The molecule has 0 aromatic rings. The Bertz CT molecular complexity index is 668. The fourth-order valence-corrected chi connectivity index (χ4v) is 3.27. The maximum absolute atomic E-state index is 12.0. The average molecular weight is 372 g/mol. The van der Waals surface area contributed by atoms with E-state index in [1.165, 1.54) is 6.08 Å². The summed E-state index contributed by atoms with van der Waals surface area (Å²) in [7, 11) is 0. The third-order valence-corrected chi connectivity index (χ3v) is 4.56. The second-order valence-electron chi connectivity index (χ2n) is 7.21. The second-order valence-corrected chi connectivity index (χ2v) is 7.21. The summed E-state index contributed by atoms with van der Waals surface area (Å²) >= 11 is 0. The summed E-state index contributed by atoms with van der Waals surface area (Å²) in [4.78, 5) is 35.2. The quantitative estimate of drug-likeness (QED) is 0.398. The van der Waals surface area contributed by atoms with E-state index in [1.54, 1.807) is 18.2 Å². The molecule has 2 rings (SSSR count). The minimum atomic E-state index is -0.814. The molecule has 5 heteroatoms. The Kier molecular flexibility index (Phi) is 8.40. The van der Waals surface area contributed by atoms with Gasteiger partial charge in [-0.2, -0.15) is 0 Å². The van der Waals surface area contributed by atoms with Gasteiger partial charge in [-0.3, -0.25) is 9.59 Å². The topological polar surface area (TPSA) is 69.7 Å². The molecule has 2 bridgehead atoms. The van der Waals surface area contributed by atoms with Gasteiger partial charge in [0, 0.05) is 18.9 Å². The first-order chi connectivity index (χ1) is 13.0. The van der Waals surface area contributed by atoms with Crippen molar-refractivity contribution in [2.24, 2.45) is 0 Å². The normalized spacial score (nSPS) is 34.7. The van der Waals surface area contributed by atoms with Crippen LogP contribution in [0.25, 0.3) is 0 Å². The smallest absolute Gasteiger partial charge is 0.331 e. The molecule has 0 aliphatic carbocycles. The van der Waals surface area contributed by atoms with Crippen molar-refractivity contribution < 1.29 is 23.9 Å². The number of cyclic esters (lactones) is 1. The van der Waals surface area contributed by atoms with Gasteiger partial charge in [0.05, 0.1) is 12.2 Å². The third kappa shape index (κ3) is 7.87. The number of aldehydes is 1. The number of ketones is 1. The predicted octanol–water partition coefficient (Wildman–Crippen LogP) is 3.79. The van der Waals surface area contributed by atoms with Gasteiger partial charge in [0.1, 0.15) is 0 Å². The Labute approximate surface area is 160 Å². The molecule has 0 N–H and O–H groups in total. The van der Waals surface area contributed by atoms with Crippen LogP contribution in [0.5, 0.6) is 0 Å². The molecule has 2 aliphatic rings. The molecule has 1 fully saturated rings. The van der Waals surface area contributed by atoms with Crippen LogP contribution >= 0.6 is 0 Å². The van der Waals surface area contributed by atoms with Crippen molar-refractivity contribution in [3.63, 3.8) is 0 Å². The first kappa shape index (κ1) is 21.0. The van der Waals surface area contributed by atoms with Crippen LogP contribution in [-0.2, 0) is 23.9 Å². The zero-order valence-electron chi connectivity index (χ0n) is 16.1. The first-order valence-corrected chi connectivity index (χ1v) is 9.48. The van der Waals surface area contributed by atoms with E-state index in [9.17, 15) is 14.4 Å². The van der Waals surface area contributed by atoms with Crippen LogP contribution in [0.3, 0.4) is 0 Å². The van der Waals surface area contributed by atoms with Gasteiger partial charge in [0.15, 0.2) is 18.2 Å². The highest BCUT2D eigenvalue weighted by molar-refractivity contribution is 5.91. The van der Waals surface area contributed by atoms with Crippen molar-refractivity contribution in [1.82, 2.24) is 0 Å². The van der Waals surface area contributed by atoms with E-state index in [1.807, 2.05) is 26.0 Å². The number of fused-ring (bicyclic) bond motifs is 2. The van der Waals surface area contributed by atoms with Gasteiger partial charge >= 0.3 is 5.97 Å². The molecule has 27 heavy (non-hydrogen) atoms. The number of allylic oxidation sites excluding steroid dienone is 4. The monoisotopic (exact) mass is 372 g/mol. The van der Waals surface area contributed by atoms with Crippen molar-refractivity contribution in [3.8, 4) is 0 Å². The van der Waals surface area contributed by atoms with Crippen molar-refractivity contribution in [2.45, 2.75) is 70.7 Å². The minimum absolute atomic E-state index is 0.0141. The Balaban J connectivity index is 2.17. The first-order valence-electron chi connectivity index (χ1n) is 9.48. The number of rotatable bonds is 1. The van der Waals surface area contributed by atoms with Gasteiger partial charge in [0.2, 0.25) is 0 Å². The SMILES string of the molecule is C/C1=C\C=C\C(=O)OC(C=O)C/C(C)=C/[C@H]2CCC[C@@H](C/C=C/C(=O)C1)O2. The summed E-state index contributed by atoms with van der Waals surface area (Å²) in [6, 6.07) is 0. The Morgan fingerprint density at radius 3 is 2.70 bits per heavy atom. The molecular formula is C22H28O5. The van der Waals surface area contributed by atoms with Crippen molar-refractivity contribution in [3.05, 3.63) is 47.6 Å². The number of hydrogen-bond acceptors (Lipinski definition) is 5. The van der Waals surface area contributed by atoms with E-state index < -0.39 is 12.1 Å². The number of esters is 1. The highest BCUT2D eigenvalue weighted by atomic mass is 16.5. The number of carbonyl (C=O) groups excluding carboxylic acids is 3. The van der Waals surface area contributed by atoms with Crippen molar-refractivity contribution >= 4 is 18.0 Å². The molecule has 3 atom stereocenters. The molecule has 0 aromatic heterocycles. The molecule has 0 amide bonds. The number of hydrogen-bond donors (Lipinski definition) is 0. The fourth-order valence-electron chi connectivity index (χ4n) is 3.27. The van der Waals surface area contributed by atoms with Gasteiger partial charge in [-0.1, -0.05) is 35.5 Å². The molecule has 1 unspecified atom stereocenters. The largest absolute Gasteiger partial charge is 0.451 e. The van der Waals surface area contributed by atoms with Crippen LogP contribution in [-0.4, -0.2) is 36.4 Å². The van der Waals surface area contributed by atoms with E-state index in [0.717, 1.165) is 30.4 Å². The summed E-state index contributed by atoms with van der Waals surface area (Å²) in [6.07, 6.45) is 14.2. The molecule has 0 aromatic carbocycles. The van der Waals surface area contributed by atoms with Gasteiger partial charge < -0.3 is 9.47 Å². The Morgan fingerprint density at radius 2 is 1.93 bits per heavy atom. The average Bonchev–Trinajstić information content (AvgIpc) is 2.60. The van der Waals surface area contributed by atoms with E-state index in [-0.39, 0.29) is 18.0 Å². The van der Waals surface area contributed by atoms with Crippen LogP contribution in [0.15, 0.2) is 47.6 Å². The van der Waals surface area contributed by atoms with E-state index in [2.05, 4.69) is 0 Å². The van der Waals surface area contributed by atoms with Crippen LogP contribution < -0.4 is 0 Å². The number of ether oxygens (including phenoxy) is 2. The van der Waals surface area contributed by atoms with Gasteiger partial charge in [-0.15, -0.1) is 0 Å². The van der Waals surface area contributed by atoms with Crippen LogP contribution in [0, 0.1) is 0 Å². The van der Waals surface area contributed by atoms with Crippen LogP contribution in [0.1, 0.15) is 52.4 Å².